The van der Waals surface area contributed by atoms with Crippen LogP contribution in [0.15, 0.2) is 39.3 Å². The minimum absolute atomic E-state index is 0.253. The highest BCUT2D eigenvalue weighted by molar-refractivity contribution is 9.10. The Morgan fingerprint density at radius 2 is 2.00 bits per heavy atom. The van der Waals surface area contributed by atoms with E-state index in [0.717, 1.165) is 26.8 Å². The Labute approximate surface area is 143 Å². The van der Waals surface area contributed by atoms with Gasteiger partial charge in [0.1, 0.15) is 11.6 Å². The van der Waals surface area contributed by atoms with Crippen LogP contribution >= 0.6 is 43.5 Å². The Morgan fingerprint density at radius 1 is 1.24 bits per heavy atom. The summed E-state index contributed by atoms with van der Waals surface area (Å²) in [4.78, 5) is 4.52. The van der Waals surface area contributed by atoms with Crippen molar-refractivity contribution >= 4 is 54.5 Å². The van der Waals surface area contributed by atoms with Gasteiger partial charge in [0.2, 0.25) is 0 Å². The maximum absolute atomic E-state index is 13.9. The standard InChI is InChI=1S/C15H10Br2ClFN2/c1-8-4-10(17)11(19)6-13(8)21-14-5-9(16)2-3-12(14)20-15(21)7-18/h2-6H,7H2,1H3. The summed E-state index contributed by atoms with van der Waals surface area (Å²) in [7, 11) is 0. The SMILES string of the molecule is Cc1cc(Br)c(F)cc1-n1c(CCl)nc2ccc(Br)cc21. The first-order valence-electron chi connectivity index (χ1n) is 6.20. The van der Waals surface area contributed by atoms with Crippen molar-refractivity contribution in [2.45, 2.75) is 12.8 Å². The Morgan fingerprint density at radius 3 is 2.71 bits per heavy atom. The second-order valence-corrected chi connectivity index (χ2v) is 6.72. The summed E-state index contributed by atoms with van der Waals surface area (Å²) >= 11 is 12.7. The lowest BCUT2D eigenvalue weighted by molar-refractivity contribution is 0.619. The van der Waals surface area contributed by atoms with Crippen molar-refractivity contribution in [1.82, 2.24) is 9.55 Å². The van der Waals surface area contributed by atoms with E-state index in [9.17, 15) is 4.39 Å². The summed E-state index contributed by atoms with van der Waals surface area (Å²) in [5.41, 5.74) is 3.40. The third-order valence-corrected chi connectivity index (χ3v) is 4.63. The smallest absolute Gasteiger partial charge is 0.139 e. The van der Waals surface area contributed by atoms with E-state index in [0.29, 0.717) is 10.3 Å². The van der Waals surface area contributed by atoms with Crippen LogP contribution in [0, 0.1) is 12.7 Å². The van der Waals surface area contributed by atoms with E-state index in [2.05, 4.69) is 36.8 Å². The zero-order chi connectivity index (χ0) is 15.1. The van der Waals surface area contributed by atoms with Crippen LogP contribution in [0.3, 0.4) is 0 Å². The van der Waals surface area contributed by atoms with Gasteiger partial charge in [0.05, 0.1) is 27.1 Å². The number of rotatable bonds is 2. The van der Waals surface area contributed by atoms with Crippen LogP contribution in [0.1, 0.15) is 11.4 Å². The molecule has 2 aromatic carbocycles. The number of benzene rings is 2. The van der Waals surface area contributed by atoms with Gasteiger partial charge in [0.25, 0.3) is 0 Å². The number of hydrogen-bond donors (Lipinski definition) is 0. The molecule has 0 fully saturated rings. The van der Waals surface area contributed by atoms with Gasteiger partial charge in [-0.3, -0.25) is 4.57 Å². The molecule has 0 amide bonds. The molecule has 0 saturated carbocycles. The maximum atomic E-state index is 13.9. The molecular formula is C15H10Br2ClFN2. The number of alkyl halides is 1. The van der Waals surface area contributed by atoms with Crippen molar-refractivity contribution in [2.24, 2.45) is 0 Å². The molecule has 2 nitrogen and oxygen atoms in total. The Hall–Kier alpha value is -0.910. The van der Waals surface area contributed by atoms with E-state index < -0.39 is 0 Å². The molecule has 0 N–H and O–H groups in total. The van der Waals surface area contributed by atoms with Crippen molar-refractivity contribution in [2.75, 3.05) is 0 Å². The molecule has 108 valence electrons. The van der Waals surface area contributed by atoms with Crippen molar-refractivity contribution < 1.29 is 4.39 Å². The van der Waals surface area contributed by atoms with Gasteiger partial charge in [0.15, 0.2) is 0 Å². The Balaban J connectivity index is 2.38. The molecule has 3 aromatic rings. The van der Waals surface area contributed by atoms with E-state index >= 15 is 0 Å². The number of imidazole rings is 1. The molecule has 0 saturated heterocycles. The summed E-state index contributed by atoms with van der Waals surface area (Å²) in [5, 5.41) is 0. The molecule has 0 aliphatic rings. The van der Waals surface area contributed by atoms with Gasteiger partial charge in [-0.1, -0.05) is 15.9 Å². The summed E-state index contributed by atoms with van der Waals surface area (Å²) in [6.07, 6.45) is 0. The van der Waals surface area contributed by atoms with E-state index in [1.807, 2.05) is 29.7 Å². The Bertz CT molecular complexity index is 845. The highest BCUT2D eigenvalue weighted by atomic mass is 79.9. The van der Waals surface area contributed by atoms with Crippen molar-refractivity contribution in [3.05, 3.63) is 56.5 Å². The summed E-state index contributed by atoms with van der Waals surface area (Å²) < 4.78 is 17.2. The fourth-order valence-corrected chi connectivity index (χ4v) is 3.32. The monoisotopic (exact) mass is 430 g/mol. The first kappa shape index (κ1) is 15.0. The maximum Gasteiger partial charge on any atom is 0.139 e. The van der Waals surface area contributed by atoms with Gasteiger partial charge in [-0.2, -0.15) is 0 Å². The largest absolute Gasteiger partial charge is 0.295 e. The lowest BCUT2D eigenvalue weighted by Gasteiger charge is -2.12. The van der Waals surface area contributed by atoms with Crippen LogP contribution in [-0.2, 0) is 5.88 Å². The van der Waals surface area contributed by atoms with Gasteiger partial charge in [-0.25, -0.2) is 9.37 Å². The van der Waals surface area contributed by atoms with Gasteiger partial charge in [-0.15, -0.1) is 11.6 Å². The van der Waals surface area contributed by atoms with Crippen molar-refractivity contribution in [3.63, 3.8) is 0 Å². The van der Waals surface area contributed by atoms with Crippen LogP contribution in [0.4, 0.5) is 4.39 Å². The van der Waals surface area contributed by atoms with E-state index in [-0.39, 0.29) is 11.7 Å². The third kappa shape index (κ3) is 2.62. The quantitative estimate of drug-likeness (QED) is 0.473. The molecular weight excluding hydrogens is 422 g/mol. The topological polar surface area (TPSA) is 17.8 Å². The number of aryl methyl sites for hydroxylation is 1. The number of fused-ring (bicyclic) bond motifs is 1. The van der Waals surface area contributed by atoms with Crippen molar-refractivity contribution in [3.8, 4) is 5.69 Å². The van der Waals surface area contributed by atoms with E-state index in [4.69, 9.17) is 11.6 Å². The summed E-state index contributed by atoms with van der Waals surface area (Å²) in [6, 6.07) is 9.05. The van der Waals surface area contributed by atoms with Crippen molar-refractivity contribution in [1.29, 1.82) is 0 Å². The predicted octanol–water partition coefficient (Wildman–Crippen LogP) is 5.74. The molecule has 0 spiro atoms. The van der Waals surface area contributed by atoms with Crippen LogP contribution in [0.2, 0.25) is 0 Å². The van der Waals surface area contributed by atoms with Crippen LogP contribution in [-0.4, -0.2) is 9.55 Å². The lowest BCUT2D eigenvalue weighted by Crippen LogP contribution is -2.02. The highest BCUT2D eigenvalue weighted by Crippen LogP contribution is 2.29. The molecule has 0 unspecified atom stereocenters. The number of halogens is 4. The molecule has 0 atom stereocenters. The number of nitrogens with zero attached hydrogens (tertiary/aromatic N) is 2. The van der Waals surface area contributed by atoms with E-state index in [1.165, 1.54) is 6.07 Å². The molecule has 0 aliphatic heterocycles. The zero-order valence-electron chi connectivity index (χ0n) is 11.0. The number of aromatic nitrogens is 2. The minimum atomic E-state index is -0.312. The minimum Gasteiger partial charge on any atom is -0.295 e. The van der Waals surface area contributed by atoms with Crippen LogP contribution in [0.25, 0.3) is 16.7 Å². The van der Waals surface area contributed by atoms with Crippen LogP contribution < -0.4 is 0 Å². The average molecular weight is 433 g/mol. The molecule has 21 heavy (non-hydrogen) atoms. The van der Waals surface area contributed by atoms with Crippen LogP contribution in [0.5, 0.6) is 0 Å². The predicted molar refractivity (Wildman–Crippen MR) is 90.7 cm³/mol. The fourth-order valence-electron chi connectivity index (χ4n) is 2.33. The Kier molecular flexibility index (Phi) is 4.08. The molecule has 1 heterocycles. The summed E-state index contributed by atoms with van der Waals surface area (Å²) in [6.45, 7) is 1.93. The molecule has 0 aliphatic carbocycles. The van der Waals surface area contributed by atoms with E-state index in [1.54, 1.807) is 6.07 Å². The fraction of sp³-hybridized carbons (Fsp3) is 0.133. The van der Waals surface area contributed by atoms with Gasteiger partial charge in [0, 0.05) is 4.47 Å². The molecule has 1 aromatic heterocycles. The molecule has 3 rings (SSSR count). The third-order valence-electron chi connectivity index (χ3n) is 3.29. The average Bonchev–Trinajstić information content (AvgIpc) is 2.80. The highest BCUT2D eigenvalue weighted by Gasteiger charge is 2.15. The normalized spacial score (nSPS) is 11.3. The molecule has 0 bridgehead atoms. The first-order chi connectivity index (χ1) is 10.0. The first-order valence-corrected chi connectivity index (χ1v) is 8.32. The van der Waals surface area contributed by atoms with Gasteiger partial charge < -0.3 is 0 Å². The second-order valence-electron chi connectivity index (χ2n) is 4.68. The van der Waals surface area contributed by atoms with Gasteiger partial charge >= 0.3 is 0 Å². The lowest BCUT2D eigenvalue weighted by atomic mass is 10.2. The molecule has 0 radical (unpaired) electrons. The zero-order valence-corrected chi connectivity index (χ0v) is 14.9. The van der Waals surface area contributed by atoms with Gasteiger partial charge in [-0.05, 0) is 58.7 Å². The summed E-state index contributed by atoms with van der Waals surface area (Å²) in [5.74, 6) is 0.631. The number of hydrogen-bond acceptors (Lipinski definition) is 1. The molecule has 6 heteroatoms. The second kappa shape index (κ2) is 5.71.